The summed E-state index contributed by atoms with van der Waals surface area (Å²) in [5, 5.41) is 23.8. The van der Waals surface area contributed by atoms with Crippen molar-refractivity contribution in [3.63, 3.8) is 0 Å². The zero-order valence-electron chi connectivity index (χ0n) is 10.00. The van der Waals surface area contributed by atoms with Gasteiger partial charge in [0, 0.05) is 34.7 Å². The van der Waals surface area contributed by atoms with Crippen LogP contribution in [0.4, 0.5) is 0 Å². The van der Waals surface area contributed by atoms with Crippen molar-refractivity contribution in [3.8, 4) is 0 Å². The van der Waals surface area contributed by atoms with Crippen molar-refractivity contribution in [2.75, 3.05) is 26.3 Å². The van der Waals surface area contributed by atoms with E-state index in [0.29, 0.717) is 25.2 Å². The van der Waals surface area contributed by atoms with Gasteiger partial charge in [-0.1, -0.05) is 13.8 Å². The summed E-state index contributed by atoms with van der Waals surface area (Å²) in [5.74, 6) is 0. The molecule has 0 heterocycles. The molecular formula is C10H26N2O2Si. The van der Waals surface area contributed by atoms with Crippen LogP contribution in [0.3, 0.4) is 0 Å². The fourth-order valence-corrected chi connectivity index (χ4v) is 3.42. The van der Waals surface area contributed by atoms with Crippen LogP contribution in [0.1, 0.15) is 13.8 Å². The van der Waals surface area contributed by atoms with Crippen LogP contribution in [0.5, 0.6) is 0 Å². The predicted molar refractivity (Wildman–Crippen MR) is 67.3 cm³/mol. The van der Waals surface area contributed by atoms with Crippen molar-refractivity contribution in [2.45, 2.75) is 38.0 Å². The molecule has 4 nitrogen and oxygen atoms in total. The van der Waals surface area contributed by atoms with E-state index in [4.69, 9.17) is 10.2 Å². The van der Waals surface area contributed by atoms with Gasteiger partial charge in [0.1, 0.15) is 0 Å². The Morgan fingerprint density at radius 2 is 1.33 bits per heavy atom. The standard InChI is InChI=1S/C10H26N2O2Si/c1-9(11-3-5-13)7-15-8-10(2)12-4-6-14/h9-14H,3-8,15H2,1-2H3. The second-order valence-corrected chi connectivity index (χ2v) is 5.95. The van der Waals surface area contributed by atoms with E-state index in [1.165, 1.54) is 12.1 Å². The molecule has 0 aliphatic heterocycles. The Bertz CT molecular complexity index is 125. The molecule has 5 heteroatoms. The lowest BCUT2D eigenvalue weighted by atomic mass is 10.4. The SMILES string of the molecule is CC(C[SiH2]CC(C)NCCO)NCCO. The van der Waals surface area contributed by atoms with Gasteiger partial charge < -0.3 is 20.8 Å². The van der Waals surface area contributed by atoms with Gasteiger partial charge in [0.05, 0.1) is 13.2 Å². The molecule has 0 rings (SSSR count). The molecule has 0 bridgehead atoms. The highest BCUT2D eigenvalue weighted by Gasteiger charge is 2.04. The van der Waals surface area contributed by atoms with E-state index in [0.717, 1.165) is 0 Å². The van der Waals surface area contributed by atoms with Crippen LogP contribution < -0.4 is 10.6 Å². The highest BCUT2D eigenvalue weighted by molar-refractivity contribution is 6.35. The van der Waals surface area contributed by atoms with Crippen molar-refractivity contribution in [3.05, 3.63) is 0 Å². The molecule has 92 valence electrons. The van der Waals surface area contributed by atoms with Gasteiger partial charge in [-0.25, -0.2) is 0 Å². The Morgan fingerprint density at radius 3 is 1.67 bits per heavy atom. The lowest BCUT2D eigenvalue weighted by molar-refractivity contribution is 0.287. The van der Waals surface area contributed by atoms with Crippen LogP contribution >= 0.6 is 0 Å². The number of aliphatic hydroxyl groups is 2. The lowest BCUT2D eigenvalue weighted by Crippen LogP contribution is -2.32. The molecule has 0 aliphatic carbocycles. The van der Waals surface area contributed by atoms with Gasteiger partial charge in [-0.05, 0) is 12.1 Å². The van der Waals surface area contributed by atoms with E-state index in [9.17, 15) is 0 Å². The van der Waals surface area contributed by atoms with E-state index >= 15 is 0 Å². The summed E-state index contributed by atoms with van der Waals surface area (Å²) in [6.45, 7) is 6.20. The van der Waals surface area contributed by atoms with Gasteiger partial charge in [-0.3, -0.25) is 0 Å². The van der Waals surface area contributed by atoms with E-state index < -0.39 is 0 Å². The fourth-order valence-electron chi connectivity index (χ4n) is 1.56. The van der Waals surface area contributed by atoms with Crippen molar-refractivity contribution in [1.82, 2.24) is 10.6 Å². The minimum Gasteiger partial charge on any atom is -0.395 e. The molecule has 0 amide bonds. The molecule has 0 saturated heterocycles. The van der Waals surface area contributed by atoms with Gasteiger partial charge in [-0.15, -0.1) is 0 Å². The molecule has 0 spiro atoms. The van der Waals surface area contributed by atoms with Gasteiger partial charge in [0.25, 0.3) is 0 Å². The molecule has 0 aliphatic rings. The zero-order valence-corrected chi connectivity index (χ0v) is 11.4. The average molecular weight is 234 g/mol. The van der Waals surface area contributed by atoms with Gasteiger partial charge in [-0.2, -0.15) is 0 Å². The monoisotopic (exact) mass is 234 g/mol. The smallest absolute Gasteiger partial charge is 0.0556 e. The number of hydrogen-bond acceptors (Lipinski definition) is 4. The number of rotatable bonds is 10. The Morgan fingerprint density at radius 1 is 0.933 bits per heavy atom. The predicted octanol–water partition coefficient (Wildman–Crippen LogP) is -1.07. The topological polar surface area (TPSA) is 64.5 Å². The first-order chi connectivity index (χ1) is 7.20. The van der Waals surface area contributed by atoms with Crippen molar-refractivity contribution in [2.24, 2.45) is 0 Å². The van der Waals surface area contributed by atoms with E-state index in [1.807, 2.05) is 0 Å². The summed E-state index contributed by atoms with van der Waals surface area (Å²) in [5.41, 5.74) is 0. The second-order valence-electron chi connectivity index (χ2n) is 4.09. The average Bonchev–Trinajstić information content (AvgIpc) is 2.23. The molecule has 15 heavy (non-hydrogen) atoms. The third-order valence-electron chi connectivity index (χ3n) is 2.48. The van der Waals surface area contributed by atoms with E-state index in [1.54, 1.807) is 0 Å². The molecule has 0 saturated carbocycles. The molecular weight excluding hydrogens is 208 g/mol. The maximum absolute atomic E-state index is 8.64. The van der Waals surface area contributed by atoms with Crippen LogP contribution in [-0.2, 0) is 0 Å². The first-order valence-electron chi connectivity index (χ1n) is 5.89. The molecule has 0 fully saturated rings. The van der Waals surface area contributed by atoms with Gasteiger partial charge in [0.15, 0.2) is 0 Å². The van der Waals surface area contributed by atoms with Crippen molar-refractivity contribution < 1.29 is 10.2 Å². The minimum absolute atomic E-state index is 0.0278. The molecule has 0 aromatic heterocycles. The van der Waals surface area contributed by atoms with E-state index in [2.05, 4.69) is 24.5 Å². The Balaban J connectivity index is 3.27. The van der Waals surface area contributed by atoms with Crippen LogP contribution in [0.2, 0.25) is 12.1 Å². The Kier molecular flexibility index (Phi) is 10.6. The summed E-state index contributed by atoms with van der Waals surface area (Å²) in [6.07, 6.45) is 0. The quantitative estimate of drug-likeness (QED) is 0.364. The summed E-state index contributed by atoms with van der Waals surface area (Å²) < 4.78 is 0. The number of aliphatic hydroxyl groups excluding tert-OH is 2. The van der Waals surface area contributed by atoms with Crippen molar-refractivity contribution in [1.29, 1.82) is 0 Å². The summed E-state index contributed by atoms with van der Waals surface area (Å²) >= 11 is 0. The van der Waals surface area contributed by atoms with Crippen LogP contribution in [0.15, 0.2) is 0 Å². The van der Waals surface area contributed by atoms with Crippen LogP contribution in [-0.4, -0.2) is 58.1 Å². The number of nitrogens with one attached hydrogen (secondary N) is 2. The van der Waals surface area contributed by atoms with Crippen LogP contribution in [0.25, 0.3) is 0 Å². The third-order valence-corrected chi connectivity index (χ3v) is 5.03. The first kappa shape index (κ1) is 15.1. The minimum atomic E-state index is -0.0278. The Labute approximate surface area is 95.3 Å². The summed E-state index contributed by atoms with van der Waals surface area (Å²) in [7, 11) is -0.0278. The largest absolute Gasteiger partial charge is 0.395 e. The van der Waals surface area contributed by atoms with Gasteiger partial charge >= 0.3 is 0 Å². The van der Waals surface area contributed by atoms with E-state index in [-0.39, 0.29) is 22.7 Å². The Hall–Kier alpha value is 0.0569. The molecule has 4 N–H and O–H groups in total. The van der Waals surface area contributed by atoms with Crippen molar-refractivity contribution >= 4 is 9.52 Å². The zero-order chi connectivity index (χ0) is 11.5. The highest BCUT2D eigenvalue weighted by atomic mass is 28.2. The fraction of sp³-hybridized carbons (Fsp3) is 1.00. The highest BCUT2D eigenvalue weighted by Crippen LogP contribution is 1.97. The molecule has 0 radical (unpaired) electrons. The maximum Gasteiger partial charge on any atom is 0.0556 e. The normalized spacial score (nSPS) is 16.0. The summed E-state index contributed by atoms with van der Waals surface area (Å²) in [4.78, 5) is 0. The molecule has 0 aromatic rings. The van der Waals surface area contributed by atoms with Gasteiger partial charge in [0.2, 0.25) is 0 Å². The maximum atomic E-state index is 8.64. The van der Waals surface area contributed by atoms with Crippen LogP contribution in [0, 0.1) is 0 Å². The number of hydrogen-bond donors (Lipinski definition) is 4. The second kappa shape index (κ2) is 10.6. The molecule has 2 atom stereocenters. The first-order valence-corrected chi connectivity index (χ1v) is 7.89. The molecule has 2 unspecified atom stereocenters. The lowest BCUT2D eigenvalue weighted by Gasteiger charge is -2.15. The summed E-state index contributed by atoms with van der Waals surface area (Å²) in [6, 6.07) is 3.61. The third kappa shape index (κ3) is 10.3. The molecule has 0 aromatic carbocycles.